The summed E-state index contributed by atoms with van der Waals surface area (Å²) in [5, 5.41) is 0. The molecule has 2 aromatic carbocycles. The van der Waals surface area contributed by atoms with Gasteiger partial charge >= 0.3 is 0 Å². The average Bonchev–Trinajstić information content (AvgIpc) is 3.49. The van der Waals surface area contributed by atoms with Crippen molar-refractivity contribution in [1.29, 1.82) is 0 Å². The van der Waals surface area contributed by atoms with Crippen LogP contribution < -0.4 is 4.72 Å². The Morgan fingerprint density at radius 3 is 2.67 bits per heavy atom. The van der Waals surface area contributed by atoms with Gasteiger partial charge in [-0.3, -0.25) is 4.79 Å². The van der Waals surface area contributed by atoms with Gasteiger partial charge in [-0.2, -0.15) is 0 Å². The van der Waals surface area contributed by atoms with Gasteiger partial charge in [0, 0.05) is 30.6 Å². The van der Waals surface area contributed by atoms with E-state index >= 15 is 0 Å². The van der Waals surface area contributed by atoms with Gasteiger partial charge in [-0.25, -0.2) is 21.9 Å². The molecular formula is C22H24F2N2O3S. The zero-order valence-electron chi connectivity index (χ0n) is 16.6. The Morgan fingerprint density at radius 1 is 1.13 bits per heavy atom. The second-order valence-corrected chi connectivity index (χ2v) is 9.95. The van der Waals surface area contributed by atoms with Crippen LogP contribution >= 0.6 is 0 Å². The minimum Gasteiger partial charge on any atom is -0.341 e. The highest BCUT2D eigenvalue weighted by Gasteiger charge is 2.47. The summed E-state index contributed by atoms with van der Waals surface area (Å²) >= 11 is 0. The predicted molar refractivity (Wildman–Crippen MR) is 110 cm³/mol. The minimum absolute atomic E-state index is 0.00508. The molecule has 0 aromatic heterocycles. The van der Waals surface area contributed by atoms with E-state index in [-0.39, 0.29) is 29.3 Å². The molecule has 1 saturated carbocycles. The Labute approximate surface area is 175 Å². The fourth-order valence-electron chi connectivity index (χ4n) is 4.39. The first-order valence-corrected chi connectivity index (χ1v) is 11.9. The normalized spacial score (nSPS) is 24.0. The SMILES string of the molecule is CS(=O)(=O)N[C@@H]1CCCN(C(=O)[C@@H]2C[C@H]2c2ccccc2-c2cc(F)ccc2F)C1. The van der Waals surface area contributed by atoms with Crippen molar-refractivity contribution in [3.63, 3.8) is 0 Å². The molecule has 0 bridgehead atoms. The highest BCUT2D eigenvalue weighted by Crippen LogP contribution is 2.51. The molecule has 8 heteroatoms. The maximum atomic E-state index is 14.3. The van der Waals surface area contributed by atoms with Crippen LogP contribution in [0.3, 0.4) is 0 Å². The fraction of sp³-hybridized carbons (Fsp3) is 0.409. The van der Waals surface area contributed by atoms with Crippen LogP contribution in [0.2, 0.25) is 0 Å². The van der Waals surface area contributed by atoms with E-state index in [1.165, 1.54) is 6.07 Å². The number of carbonyl (C=O) groups is 1. The van der Waals surface area contributed by atoms with Crippen molar-refractivity contribution in [1.82, 2.24) is 9.62 Å². The maximum absolute atomic E-state index is 14.3. The molecule has 1 N–H and O–H groups in total. The number of nitrogens with zero attached hydrogens (tertiary/aromatic N) is 1. The molecule has 4 rings (SSSR count). The van der Waals surface area contributed by atoms with Crippen molar-refractivity contribution < 1.29 is 22.0 Å². The van der Waals surface area contributed by atoms with E-state index in [2.05, 4.69) is 4.72 Å². The van der Waals surface area contributed by atoms with Crippen LogP contribution in [-0.4, -0.2) is 44.6 Å². The van der Waals surface area contributed by atoms with Crippen LogP contribution in [0.15, 0.2) is 42.5 Å². The number of rotatable bonds is 5. The van der Waals surface area contributed by atoms with E-state index < -0.39 is 21.7 Å². The van der Waals surface area contributed by atoms with E-state index in [0.717, 1.165) is 30.4 Å². The Kier molecular flexibility index (Phi) is 5.63. The molecule has 1 saturated heterocycles. The lowest BCUT2D eigenvalue weighted by Gasteiger charge is -2.33. The molecule has 1 amide bonds. The Morgan fingerprint density at radius 2 is 1.90 bits per heavy atom. The maximum Gasteiger partial charge on any atom is 0.226 e. The fourth-order valence-corrected chi connectivity index (χ4v) is 5.19. The monoisotopic (exact) mass is 434 g/mol. The topological polar surface area (TPSA) is 66.5 Å². The first-order valence-electron chi connectivity index (χ1n) is 10.0. The van der Waals surface area contributed by atoms with Crippen molar-refractivity contribution in [2.45, 2.75) is 31.2 Å². The second-order valence-electron chi connectivity index (χ2n) is 8.17. The third-order valence-corrected chi connectivity index (χ3v) is 6.56. The summed E-state index contributed by atoms with van der Waals surface area (Å²) in [6.07, 6.45) is 3.20. The number of hydrogen-bond acceptors (Lipinski definition) is 3. The van der Waals surface area contributed by atoms with E-state index in [9.17, 15) is 22.0 Å². The Bertz CT molecular complexity index is 1070. The Hall–Kier alpha value is -2.32. The first kappa shape index (κ1) is 20.9. The van der Waals surface area contributed by atoms with Crippen LogP contribution in [0.4, 0.5) is 8.78 Å². The van der Waals surface area contributed by atoms with Crippen molar-refractivity contribution in [3.05, 3.63) is 59.7 Å². The number of amides is 1. The molecule has 1 aliphatic carbocycles. The van der Waals surface area contributed by atoms with E-state index in [4.69, 9.17) is 0 Å². The van der Waals surface area contributed by atoms with Crippen molar-refractivity contribution in [3.8, 4) is 11.1 Å². The zero-order valence-corrected chi connectivity index (χ0v) is 17.5. The van der Waals surface area contributed by atoms with Gasteiger partial charge in [0.05, 0.1) is 6.26 Å². The lowest BCUT2D eigenvalue weighted by molar-refractivity contribution is -0.133. The van der Waals surface area contributed by atoms with E-state index in [1.54, 1.807) is 17.0 Å². The molecule has 3 atom stereocenters. The van der Waals surface area contributed by atoms with Gasteiger partial charge < -0.3 is 4.90 Å². The predicted octanol–water partition coefficient (Wildman–Crippen LogP) is 3.28. The molecule has 5 nitrogen and oxygen atoms in total. The number of benzene rings is 2. The summed E-state index contributed by atoms with van der Waals surface area (Å²) in [5.41, 5.74) is 1.63. The Balaban J connectivity index is 1.51. The smallest absolute Gasteiger partial charge is 0.226 e. The van der Waals surface area contributed by atoms with Crippen LogP contribution in [0.1, 0.15) is 30.7 Å². The van der Waals surface area contributed by atoms with E-state index in [0.29, 0.717) is 31.5 Å². The molecule has 160 valence electrons. The molecule has 0 spiro atoms. The van der Waals surface area contributed by atoms with Gasteiger partial charge in [0.25, 0.3) is 0 Å². The third-order valence-electron chi connectivity index (χ3n) is 5.80. The van der Waals surface area contributed by atoms with Gasteiger partial charge in [-0.1, -0.05) is 24.3 Å². The first-order chi connectivity index (χ1) is 14.2. The second kappa shape index (κ2) is 8.07. The summed E-state index contributed by atoms with van der Waals surface area (Å²) in [6.45, 7) is 0.958. The zero-order chi connectivity index (χ0) is 21.5. The summed E-state index contributed by atoms with van der Waals surface area (Å²) < 4.78 is 53.7. The lowest BCUT2D eigenvalue weighted by Crippen LogP contribution is -2.49. The molecule has 1 heterocycles. The molecular weight excluding hydrogens is 410 g/mol. The summed E-state index contributed by atoms with van der Waals surface area (Å²) in [4.78, 5) is 14.8. The lowest BCUT2D eigenvalue weighted by atomic mass is 9.95. The highest BCUT2D eigenvalue weighted by atomic mass is 32.2. The average molecular weight is 435 g/mol. The summed E-state index contributed by atoms with van der Waals surface area (Å²) in [7, 11) is -3.33. The molecule has 0 radical (unpaired) electrons. The molecule has 0 unspecified atom stereocenters. The number of nitrogens with one attached hydrogen (secondary N) is 1. The molecule has 2 aliphatic rings. The standard InChI is InChI=1S/C22H24F2N2O3S/c1-30(28,29)25-15-5-4-10-26(13-15)22(27)20-12-18(20)16-6-2-3-7-17(16)19-11-14(23)8-9-21(19)24/h2-3,6-9,11,15,18,20,25H,4-5,10,12-13H2,1H3/t15-,18+,20-/m1/s1. The van der Waals surface area contributed by atoms with Crippen molar-refractivity contribution in [2.75, 3.05) is 19.3 Å². The van der Waals surface area contributed by atoms with Crippen LogP contribution in [-0.2, 0) is 14.8 Å². The number of hydrogen-bond donors (Lipinski definition) is 1. The molecule has 30 heavy (non-hydrogen) atoms. The molecule has 2 aromatic rings. The van der Waals surface area contributed by atoms with Gasteiger partial charge in [-0.05, 0) is 54.5 Å². The van der Waals surface area contributed by atoms with Crippen molar-refractivity contribution >= 4 is 15.9 Å². The third kappa shape index (κ3) is 4.54. The van der Waals surface area contributed by atoms with Crippen molar-refractivity contribution in [2.24, 2.45) is 5.92 Å². The molecule has 1 aliphatic heterocycles. The quantitative estimate of drug-likeness (QED) is 0.786. The van der Waals surface area contributed by atoms with E-state index in [1.807, 2.05) is 12.1 Å². The molecule has 2 fully saturated rings. The van der Waals surface area contributed by atoms with Gasteiger partial charge in [0.2, 0.25) is 15.9 Å². The number of sulfonamides is 1. The number of halogens is 2. The highest BCUT2D eigenvalue weighted by molar-refractivity contribution is 7.88. The summed E-state index contributed by atoms with van der Waals surface area (Å²) in [6, 6.07) is 10.3. The van der Waals surface area contributed by atoms with Crippen LogP contribution in [0.5, 0.6) is 0 Å². The largest absolute Gasteiger partial charge is 0.341 e. The summed E-state index contributed by atoms with van der Waals surface area (Å²) in [5.74, 6) is -1.30. The minimum atomic E-state index is -3.33. The van der Waals surface area contributed by atoms with Gasteiger partial charge in [0.15, 0.2) is 0 Å². The number of carbonyl (C=O) groups excluding carboxylic acids is 1. The number of piperidine rings is 1. The van der Waals surface area contributed by atoms with Gasteiger partial charge in [-0.15, -0.1) is 0 Å². The van der Waals surface area contributed by atoms with Crippen LogP contribution in [0, 0.1) is 17.6 Å². The van der Waals surface area contributed by atoms with Crippen LogP contribution in [0.25, 0.3) is 11.1 Å². The van der Waals surface area contributed by atoms with Gasteiger partial charge in [0.1, 0.15) is 11.6 Å². The number of likely N-dealkylation sites (tertiary alicyclic amines) is 1.